The van der Waals surface area contributed by atoms with Gasteiger partial charge in [-0.05, 0) is 63.1 Å². The summed E-state index contributed by atoms with van der Waals surface area (Å²) in [5.74, 6) is 0. The monoisotopic (exact) mass is 291 g/mol. The molecule has 1 nitrogen and oxygen atoms in total. The summed E-state index contributed by atoms with van der Waals surface area (Å²) >= 11 is 6.30. The summed E-state index contributed by atoms with van der Waals surface area (Å²) in [6, 6.07) is 8.74. The van der Waals surface area contributed by atoms with Crippen molar-refractivity contribution in [3.05, 3.63) is 46.5 Å². The Labute approximate surface area is 128 Å². The second kappa shape index (κ2) is 8.49. The maximum atomic E-state index is 6.30. The van der Waals surface area contributed by atoms with Crippen molar-refractivity contribution in [3.63, 3.8) is 0 Å². The van der Waals surface area contributed by atoms with E-state index in [0.29, 0.717) is 6.04 Å². The first kappa shape index (κ1) is 15.6. The molecule has 0 bridgehead atoms. The predicted molar refractivity (Wildman–Crippen MR) is 88.4 cm³/mol. The van der Waals surface area contributed by atoms with Crippen molar-refractivity contribution < 1.29 is 0 Å². The third-order valence-corrected chi connectivity index (χ3v) is 4.37. The highest BCUT2D eigenvalue weighted by molar-refractivity contribution is 6.31. The molecule has 0 saturated heterocycles. The molecule has 1 aliphatic rings. The Balaban J connectivity index is 1.99. The SMILES string of the molecule is CCCNC(CC1=CCCCC1)Cc1ccccc1Cl. The van der Waals surface area contributed by atoms with E-state index in [9.17, 15) is 0 Å². The first-order valence-corrected chi connectivity index (χ1v) is 8.32. The van der Waals surface area contributed by atoms with Crippen molar-refractivity contribution in [1.29, 1.82) is 0 Å². The van der Waals surface area contributed by atoms with Crippen LogP contribution in [0.15, 0.2) is 35.9 Å². The molecule has 0 heterocycles. The molecule has 0 aliphatic heterocycles. The van der Waals surface area contributed by atoms with E-state index in [-0.39, 0.29) is 0 Å². The van der Waals surface area contributed by atoms with E-state index in [1.54, 1.807) is 5.57 Å². The van der Waals surface area contributed by atoms with Crippen molar-refractivity contribution in [2.45, 2.75) is 57.9 Å². The van der Waals surface area contributed by atoms with Crippen LogP contribution in [0.2, 0.25) is 5.02 Å². The molecule has 0 amide bonds. The lowest BCUT2D eigenvalue weighted by atomic mass is 9.92. The normalized spacial score (nSPS) is 16.8. The third-order valence-electron chi connectivity index (χ3n) is 4.00. The number of hydrogen-bond donors (Lipinski definition) is 1. The molecule has 1 aliphatic carbocycles. The number of nitrogens with one attached hydrogen (secondary N) is 1. The average molecular weight is 292 g/mol. The molecule has 2 heteroatoms. The molecule has 0 fully saturated rings. The minimum absolute atomic E-state index is 0.513. The fourth-order valence-electron chi connectivity index (χ4n) is 2.90. The van der Waals surface area contributed by atoms with Gasteiger partial charge in [0.15, 0.2) is 0 Å². The van der Waals surface area contributed by atoms with E-state index in [4.69, 9.17) is 11.6 Å². The summed E-state index contributed by atoms with van der Waals surface area (Å²) < 4.78 is 0. The van der Waals surface area contributed by atoms with Gasteiger partial charge in [0.05, 0.1) is 0 Å². The molecule has 1 atom stereocenters. The van der Waals surface area contributed by atoms with Gasteiger partial charge >= 0.3 is 0 Å². The Morgan fingerprint density at radius 2 is 2.05 bits per heavy atom. The van der Waals surface area contributed by atoms with Crippen LogP contribution in [0.3, 0.4) is 0 Å². The highest BCUT2D eigenvalue weighted by Gasteiger charge is 2.14. The number of allylic oxidation sites excluding steroid dienone is 1. The summed E-state index contributed by atoms with van der Waals surface area (Å²) in [6.07, 6.45) is 11.1. The van der Waals surface area contributed by atoms with Crippen LogP contribution in [0.25, 0.3) is 0 Å². The van der Waals surface area contributed by atoms with Crippen molar-refractivity contribution >= 4 is 11.6 Å². The van der Waals surface area contributed by atoms with Crippen molar-refractivity contribution in [2.24, 2.45) is 0 Å². The van der Waals surface area contributed by atoms with Crippen LogP contribution in [0.4, 0.5) is 0 Å². The van der Waals surface area contributed by atoms with E-state index in [0.717, 1.165) is 18.0 Å². The number of hydrogen-bond acceptors (Lipinski definition) is 1. The zero-order chi connectivity index (χ0) is 14.2. The minimum Gasteiger partial charge on any atom is -0.313 e. The molecule has 0 spiro atoms. The van der Waals surface area contributed by atoms with Gasteiger partial charge < -0.3 is 5.32 Å². The Kier molecular flexibility index (Phi) is 6.62. The van der Waals surface area contributed by atoms with Gasteiger partial charge in [-0.25, -0.2) is 0 Å². The summed E-state index contributed by atoms with van der Waals surface area (Å²) in [5, 5.41) is 4.59. The van der Waals surface area contributed by atoms with Gasteiger partial charge in [-0.2, -0.15) is 0 Å². The first-order valence-electron chi connectivity index (χ1n) is 7.94. The van der Waals surface area contributed by atoms with Crippen LogP contribution in [-0.4, -0.2) is 12.6 Å². The Morgan fingerprint density at radius 3 is 2.75 bits per heavy atom. The van der Waals surface area contributed by atoms with Crippen LogP contribution in [0, 0.1) is 0 Å². The van der Waals surface area contributed by atoms with Gasteiger partial charge in [-0.3, -0.25) is 0 Å². The molecular weight excluding hydrogens is 266 g/mol. The maximum Gasteiger partial charge on any atom is 0.0438 e. The number of rotatable bonds is 7. The summed E-state index contributed by atoms with van der Waals surface area (Å²) in [4.78, 5) is 0. The van der Waals surface area contributed by atoms with Gasteiger partial charge in [0, 0.05) is 11.1 Å². The van der Waals surface area contributed by atoms with Crippen LogP contribution >= 0.6 is 11.6 Å². The minimum atomic E-state index is 0.513. The van der Waals surface area contributed by atoms with Crippen molar-refractivity contribution in [3.8, 4) is 0 Å². The van der Waals surface area contributed by atoms with Gasteiger partial charge in [0.2, 0.25) is 0 Å². The Hall–Kier alpha value is -0.790. The zero-order valence-corrected chi connectivity index (χ0v) is 13.3. The number of benzene rings is 1. The van der Waals surface area contributed by atoms with Crippen LogP contribution < -0.4 is 5.32 Å². The molecule has 1 unspecified atom stereocenters. The Bertz CT molecular complexity index is 439. The summed E-state index contributed by atoms with van der Waals surface area (Å²) in [6.45, 7) is 3.31. The van der Waals surface area contributed by atoms with Crippen LogP contribution in [-0.2, 0) is 6.42 Å². The third kappa shape index (κ3) is 4.96. The van der Waals surface area contributed by atoms with Gasteiger partial charge in [-0.1, -0.05) is 48.4 Å². The molecule has 0 saturated carbocycles. The molecule has 110 valence electrons. The van der Waals surface area contributed by atoms with Crippen molar-refractivity contribution in [1.82, 2.24) is 5.32 Å². The average Bonchev–Trinajstić information content (AvgIpc) is 2.48. The lowest BCUT2D eigenvalue weighted by molar-refractivity contribution is 0.490. The highest BCUT2D eigenvalue weighted by Crippen LogP contribution is 2.24. The van der Waals surface area contributed by atoms with Crippen LogP contribution in [0.5, 0.6) is 0 Å². The second-order valence-electron chi connectivity index (χ2n) is 5.76. The van der Waals surface area contributed by atoms with E-state index in [2.05, 4.69) is 30.4 Å². The largest absolute Gasteiger partial charge is 0.313 e. The lowest BCUT2D eigenvalue weighted by Crippen LogP contribution is -2.32. The molecular formula is C18H26ClN. The molecule has 0 radical (unpaired) electrons. The molecule has 1 N–H and O–H groups in total. The quantitative estimate of drug-likeness (QED) is 0.686. The standard InChI is InChI=1S/C18H26ClN/c1-2-12-20-17(13-15-8-4-3-5-9-15)14-16-10-6-7-11-18(16)19/h6-8,10-11,17,20H,2-5,9,12-14H2,1H3. The molecule has 2 rings (SSSR count). The van der Waals surface area contributed by atoms with Gasteiger partial charge in [-0.15, -0.1) is 0 Å². The van der Waals surface area contributed by atoms with Crippen molar-refractivity contribution in [2.75, 3.05) is 6.54 Å². The predicted octanol–water partition coefficient (Wildman–Crippen LogP) is 5.14. The lowest BCUT2D eigenvalue weighted by Gasteiger charge is -2.22. The molecule has 0 aromatic heterocycles. The van der Waals surface area contributed by atoms with E-state index in [1.165, 1.54) is 44.1 Å². The fraction of sp³-hybridized carbons (Fsp3) is 0.556. The maximum absolute atomic E-state index is 6.30. The zero-order valence-electron chi connectivity index (χ0n) is 12.5. The van der Waals surface area contributed by atoms with Crippen LogP contribution in [0.1, 0.15) is 51.0 Å². The highest BCUT2D eigenvalue weighted by atomic mass is 35.5. The van der Waals surface area contributed by atoms with E-state index < -0.39 is 0 Å². The van der Waals surface area contributed by atoms with Gasteiger partial charge in [0.1, 0.15) is 0 Å². The summed E-state index contributed by atoms with van der Waals surface area (Å²) in [7, 11) is 0. The number of halogens is 1. The van der Waals surface area contributed by atoms with Gasteiger partial charge in [0.25, 0.3) is 0 Å². The summed E-state index contributed by atoms with van der Waals surface area (Å²) in [5.41, 5.74) is 2.90. The molecule has 1 aromatic rings. The molecule has 20 heavy (non-hydrogen) atoms. The smallest absolute Gasteiger partial charge is 0.0438 e. The second-order valence-corrected chi connectivity index (χ2v) is 6.17. The van der Waals surface area contributed by atoms with E-state index >= 15 is 0 Å². The Morgan fingerprint density at radius 1 is 1.20 bits per heavy atom. The first-order chi connectivity index (χ1) is 9.79. The topological polar surface area (TPSA) is 12.0 Å². The van der Waals surface area contributed by atoms with E-state index in [1.807, 2.05) is 12.1 Å². The fourth-order valence-corrected chi connectivity index (χ4v) is 3.11. The molecule has 1 aromatic carbocycles.